The number of aromatic nitrogens is 3. The van der Waals surface area contributed by atoms with Crippen LogP contribution >= 0.6 is 0 Å². The fourth-order valence-electron chi connectivity index (χ4n) is 3.50. The molecule has 3 atom stereocenters. The first-order valence-electron chi connectivity index (χ1n) is 8.06. The van der Waals surface area contributed by atoms with E-state index in [-0.39, 0.29) is 29.7 Å². The number of hydrogen-bond donors (Lipinski definition) is 0. The molecule has 24 heavy (non-hydrogen) atoms. The van der Waals surface area contributed by atoms with Crippen LogP contribution in [0.1, 0.15) is 23.4 Å². The van der Waals surface area contributed by atoms with Gasteiger partial charge in [0.05, 0.1) is 31.6 Å². The van der Waals surface area contributed by atoms with Crippen molar-refractivity contribution >= 4 is 5.91 Å². The molecule has 1 aliphatic carbocycles. The predicted molar refractivity (Wildman–Crippen MR) is 81.3 cm³/mol. The van der Waals surface area contributed by atoms with Crippen molar-refractivity contribution in [1.29, 1.82) is 0 Å². The molecule has 0 radical (unpaired) electrons. The highest BCUT2D eigenvalue weighted by atomic mass is 16.5. The molecule has 2 aromatic rings. The Morgan fingerprint density at radius 3 is 2.96 bits per heavy atom. The van der Waals surface area contributed by atoms with Crippen molar-refractivity contribution in [1.82, 2.24) is 20.0 Å². The van der Waals surface area contributed by atoms with Crippen LogP contribution in [0.3, 0.4) is 0 Å². The van der Waals surface area contributed by atoms with Gasteiger partial charge in [-0.3, -0.25) is 4.79 Å². The van der Waals surface area contributed by atoms with Crippen LogP contribution in [0.15, 0.2) is 35.2 Å². The Labute approximate surface area is 138 Å². The second kappa shape index (κ2) is 6.56. The molecule has 8 heteroatoms. The Hall–Kier alpha value is -2.48. The van der Waals surface area contributed by atoms with Gasteiger partial charge in [0.15, 0.2) is 0 Å². The minimum absolute atomic E-state index is 0.0330. The normalized spacial score (nSPS) is 26.2. The minimum Gasteiger partial charge on any atom is -0.463 e. The summed E-state index contributed by atoms with van der Waals surface area (Å²) in [6.07, 6.45) is 6.56. The maximum Gasteiger partial charge on any atom is 0.316 e. The molecule has 0 bridgehead atoms. The van der Waals surface area contributed by atoms with Crippen molar-refractivity contribution in [2.75, 3.05) is 19.8 Å². The van der Waals surface area contributed by atoms with Gasteiger partial charge in [-0.1, -0.05) is 5.16 Å². The molecule has 2 aliphatic rings. The minimum atomic E-state index is -0.126. The summed E-state index contributed by atoms with van der Waals surface area (Å²) in [4.78, 5) is 22.5. The van der Waals surface area contributed by atoms with Crippen LogP contribution in [0.5, 0.6) is 6.01 Å². The highest BCUT2D eigenvalue weighted by molar-refractivity contribution is 5.91. The number of amides is 1. The number of hydrogen-bond acceptors (Lipinski definition) is 7. The number of rotatable bonds is 4. The van der Waals surface area contributed by atoms with Crippen LogP contribution in [0.2, 0.25) is 0 Å². The van der Waals surface area contributed by atoms with E-state index in [9.17, 15) is 4.79 Å². The van der Waals surface area contributed by atoms with E-state index in [2.05, 4.69) is 15.1 Å². The smallest absolute Gasteiger partial charge is 0.316 e. The number of carbonyl (C=O) groups excluding carboxylic acids is 1. The first-order valence-corrected chi connectivity index (χ1v) is 8.06. The van der Waals surface area contributed by atoms with Crippen LogP contribution in [0.4, 0.5) is 0 Å². The molecule has 2 fully saturated rings. The van der Waals surface area contributed by atoms with Gasteiger partial charge < -0.3 is 18.9 Å². The zero-order valence-electron chi connectivity index (χ0n) is 13.1. The molecule has 3 heterocycles. The Bertz CT molecular complexity index is 679. The molecule has 1 aliphatic heterocycles. The van der Waals surface area contributed by atoms with Gasteiger partial charge in [-0.15, -0.1) is 0 Å². The van der Waals surface area contributed by atoms with Crippen LogP contribution in [-0.4, -0.2) is 57.8 Å². The lowest BCUT2D eigenvalue weighted by Gasteiger charge is -2.38. The lowest BCUT2D eigenvalue weighted by molar-refractivity contribution is -0.0690. The van der Waals surface area contributed by atoms with Crippen LogP contribution in [0, 0.1) is 5.92 Å². The summed E-state index contributed by atoms with van der Waals surface area (Å²) in [6, 6.07) is 3.75. The third kappa shape index (κ3) is 2.84. The number of nitrogens with zero attached hydrogens (tertiary/aromatic N) is 4. The molecular formula is C16H18N4O4. The maximum atomic E-state index is 12.6. The van der Waals surface area contributed by atoms with Crippen LogP contribution in [-0.2, 0) is 4.74 Å². The summed E-state index contributed by atoms with van der Waals surface area (Å²) in [5.41, 5.74) is 0. The molecule has 0 unspecified atom stereocenters. The molecule has 1 saturated carbocycles. The number of fused-ring (bicyclic) bond motifs is 1. The van der Waals surface area contributed by atoms with Crippen LogP contribution in [0.25, 0.3) is 0 Å². The van der Waals surface area contributed by atoms with E-state index in [4.69, 9.17) is 14.0 Å². The standard InChI is InChI=1S/C16H18N4O4/c21-15(13-4-7-19-24-13)20-8-9-22-14-11(2-3-12(14)20)10-23-16-17-5-1-6-18-16/h1,4-7,11-12,14H,2-3,8-10H2/t11-,12+,14+/m0/s1. The first kappa shape index (κ1) is 15.1. The zero-order chi connectivity index (χ0) is 16.4. The SMILES string of the molecule is O=C(c1ccno1)N1CCO[C@@H]2[C@H](COc3ncccn3)CC[C@H]21. The fourth-order valence-corrected chi connectivity index (χ4v) is 3.50. The molecular weight excluding hydrogens is 312 g/mol. The molecule has 4 rings (SSSR count). The van der Waals surface area contributed by atoms with Crippen molar-refractivity contribution < 1.29 is 18.8 Å². The summed E-state index contributed by atoms with van der Waals surface area (Å²) < 4.78 is 16.6. The molecule has 0 aromatic carbocycles. The second-order valence-electron chi connectivity index (χ2n) is 5.96. The molecule has 2 aromatic heterocycles. The highest BCUT2D eigenvalue weighted by Gasteiger charge is 2.45. The number of carbonyl (C=O) groups is 1. The van der Waals surface area contributed by atoms with Gasteiger partial charge in [0.25, 0.3) is 5.91 Å². The Kier molecular flexibility index (Phi) is 4.12. The van der Waals surface area contributed by atoms with Gasteiger partial charge in [0.2, 0.25) is 5.76 Å². The van der Waals surface area contributed by atoms with E-state index in [1.165, 1.54) is 6.20 Å². The topological polar surface area (TPSA) is 90.6 Å². The third-order valence-electron chi connectivity index (χ3n) is 4.60. The van der Waals surface area contributed by atoms with E-state index >= 15 is 0 Å². The maximum absolute atomic E-state index is 12.6. The molecule has 1 amide bonds. The molecule has 8 nitrogen and oxygen atoms in total. The molecule has 1 saturated heterocycles. The predicted octanol–water partition coefficient (Wildman–Crippen LogP) is 1.16. The lowest BCUT2D eigenvalue weighted by atomic mass is 10.0. The van der Waals surface area contributed by atoms with Gasteiger partial charge in [-0.25, -0.2) is 9.97 Å². The van der Waals surface area contributed by atoms with Gasteiger partial charge in [-0.2, -0.15) is 0 Å². The fraction of sp³-hybridized carbons (Fsp3) is 0.500. The summed E-state index contributed by atoms with van der Waals surface area (Å²) in [7, 11) is 0. The van der Waals surface area contributed by atoms with E-state index in [1.807, 2.05) is 4.90 Å². The Balaban J connectivity index is 1.42. The van der Waals surface area contributed by atoms with E-state index < -0.39 is 0 Å². The van der Waals surface area contributed by atoms with Crippen molar-refractivity contribution in [3.63, 3.8) is 0 Å². The van der Waals surface area contributed by atoms with Crippen molar-refractivity contribution in [3.05, 3.63) is 36.5 Å². The Morgan fingerprint density at radius 2 is 2.17 bits per heavy atom. The third-order valence-corrected chi connectivity index (χ3v) is 4.60. The average Bonchev–Trinajstić information content (AvgIpc) is 3.30. The molecule has 0 N–H and O–H groups in total. The van der Waals surface area contributed by atoms with Gasteiger partial charge in [0, 0.05) is 30.9 Å². The number of ether oxygens (including phenoxy) is 2. The lowest BCUT2D eigenvalue weighted by Crippen LogP contribution is -2.53. The molecule has 126 valence electrons. The summed E-state index contributed by atoms with van der Waals surface area (Å²) in [5, 5.41) is 3.61. The van der Waals surface area contributed by atoms with E-state index in [1.54, 1.807) is 24.5 Å². The summed E-state index contributed by atoms with van der Waals surface area (Å²) in [5.74, 6) is 0.357. The average molecular weight is 330 g/mol. The largest absolute Gasteiger partial charge is 0.463 e. The summed E-state index contributed by atoms with van der Waals surface area (Å²) >= 11 is 0. The highest BCUT2D eigenvalue weighted by Crippen LogP contribution is 2.35. The molecule has 0 spiro atoms. The van der Waals surface area contributed by atoms with Gasteiger partial charge in [0.1, 0.15) is 0 Å². The Morgan fingerprint density at radius 1 is 1.29 bits per heavy atom. The second-order valence-corrected chi connectivity index (χ2v) is 5.96. The van der Waals surface area contributed by atoms with E-state index in [0.717, 1.165) is 12.8 Å². The van der Waals surface area contributed by atoms with Gasteiger partial charge >= 0.3 is 6.01 Å². The van der Waals surface area contributed by atoms with Crippen molar-refractivity contribution in [2.24, 2.45) is 5.92 Å². The zero-order valence-corrected chi connectivity index (χ0v) is 13.1. The van der Waals surface area contributed by atoms with Crippen molar-refractivity contribution in [3.8, 4) is 6.01 Å². The first-order chi connectivity index (χ1) is 11.8. The van der Waals surface area contributed by atoms with Crippen LogP contribution < -0.4 is 4.74 Å². The van der Waals surface area contributed by atoms with E-state index in [0.29, 0.717) is 25.8 Å². The quantitative estimate of drug-likeness (QED) is 0.831. The monoisotopic (exact) mass is 330 g/mol. The number of morpholine rings is 1. The summed E-state index contributed by atoms with van der Waals surface area (Å²) in [6.45, 7) is 1.56. The van der Waals surface area contributed by atoms with Crippen molar-refractivity contribution in [2.45, 2.75) is 25.0 Å². The van der Waals surface area contributed by atoms with Gasteiger partial charge in [-0.05, 0) is 18.9 Å².